The van der Waals surface area contributed by atoms with Crippen molar-refractivity contribution in [2.24, 2.45) is 11.5 Å². The average molecular weight is 262 g/mol. The molecule has 1 aromatic heterocycles. The third kappa shape index (κ3) is 2.18. The van der Waals surface area contributed by atoms with Crippen molar-refractivity contribution in [2.75, 3.05) is 5.32 Å². The van der Waals surface area contributed by atoms with Crippen LogP contribution >= 0.6 is 0 Å². The normalized spacial score (nSPS) is 10.3. The highest BCUT2D eigenvalue weighted by molar-refractivity contribution is 6.13. The zero-order valence-corrected chi connectivity index (χ0v) is 9.56. The Kier molecular flexibility index (Phi) is 2.83. The predicted molar refractivity (Wildman–Crippen MR) is 67.0 cm³/mol. The molecule has 0 saturated heterocycles. The highest BCUT2D eigenvalue weighted by Crippen LogP contribution is 2.26. The highest BCUT2D eigenvalue weighted by Gasteiger charge is 2.18. The van der Waals surface area contributed by atoms with E-state index in [1.54, 1.807) is 0 Å². The maximum Gasteiger partial charge on any atom is 0.335 e. The molecule has 1 heterocycles. The summed E-state index contributed by atoms with van der Waals surface area (Å²) in [5, 5.41) is 11.5. The molecule has 0 spiro atoms. The molecule has 8 nitrogen and oxygen atoms in total. The molecule has 2 aromatic rings. The van der Waals surface area contributed by atoms with Crippen molar-refractivity contribution in [3.05, 3.63) is 29.3 Å². The number of rotatable bonds is 3. The second-order valence-electron chi connectivity index (χ2n) is 3.79. The van der Waals surface area contributed by atoms with Crippen LogP contribution in [0.15, 0.2) is 18.2 Å². The quantitative estimate of drug-likeness (QED) is 0.545. The Bertz CT molecular complexity index is 704. The summed E-state index contributed by atoms with van der Waals surface area (Å²) in [7, 11) is 0. The van der Waals surface area contributed by atoms with Gasteiger partial charge < -0.3 is 21.6 Å². The number of carboxylic acids is 1. The first-order valence-corrected chi connectivity index (χ1v) is 5.15. The Morgan fingerprint density at radius 2 is 1.89 bits per heavy atom. The SMILES string of the molecule is NC(=O)Nc1[nH]c2cc(C(=O)O)ccc2c1C(N)=O. The Labute approximate surface area is 106 Å². The van der Waals surface area contributed by atoms with E-state index in [2.05, 4.69) is 10.3 Å². The van der Waals surface area contributed by atoms with Gasteiger partial charge in [-0.15, -0.1) is 0 Å². The summed E-state index contributed by atoms with van der Waals surface area (Å²) in [5.41, 5.74) is 10.7. The van der Waals surface area contributed by atoms with Crippen LogP contribution in [0.1, 0.15) is 20.7 Å². The molecule has 0 aliphatic carbocycles. The van der Waals surface area contributed by atoms with Gasteiger partial charge in [-0.3, -0.25) is 10.1 Å². The van der Waals surface area contributed by atoms with E-state index in [-0.39, 0.29) is 16.9 Å². The van der Waals surface area contributed by atoms with Crippen molar-refractivity contribution in [3.63, 3.8) is 0 Å². The lowest BCUT2D eigenvalue weighted by Crippen LogP contribution is -2.22. The number of carbonyl (C=O) groups is 3. The summed E-state index contributed by atoms with van der Waals surface area (Å²) in [4.78, 5) is 35.8. The lowest BCUT2D eigenvalue weighted by atomic mass is 10.1. The van der Waals surface area contributed by atoms with E-state index < -0.39 is 17.9 Å². The van der Waals surface area contributed by atoms with Crippen LogP contribution in [0.4, 0.5) is 10.6 Å². The summed E-state index contributed by atoms with van der Waals surface area (Å²) in [6.07, 6.45) is 0. The van der Waals surface area contributed by atoms with Crippen LogP contribution in [0.5, 0.6) is 0 Å². The van der Waals surface area contributed by atoms with Crippen LogP contribution in [-0.4, -0.2) is 28.0 Å². The summed E-state index contributed by atoms with van der Waals surface area (Å²) in [6, 6.07) is 3.23. The molecule has 0 radical (unpaired) electrons. The number of carbonyl (C=O) groups excluding carboxylic acids is 2. The minimum Gasteiger partial charge on any atom is -0.478 e. The van der Waals surface area contributed by atoms with Gasteiger partial charge in [0, 0.05) is 10.9 Å². The number of urea groups is 1. The van der Waals surface area contributed by atoms with Crippen molar-refractivity contribution >= 4 is 34.6 Å². The second-order valence-corrected chi connectivity index (χ2v) is 3.79. The molecule has 0 bridgehead atoms. The molecular formula is C11H10N4O4. The smallest absolute Gasteiger partial charge is 0.335 e. The van der Waals surface area contributed by atoms with Gasteiger partial charge in [-0.2, -0.15) is 0 Å². The molecule has 0 aliphatic heterocycles. The van der Waals surface area contributed by atoms with Crippen LogP contribution in [-0.2, 0) is 0 Å². The van der Waals surface area contributed by atoms with Crippen LogP contribution in [0, 0.1) is 0 Å². The number of benzene rings is 1. The first-order valence-electron chi connectivity index (χ1n) is 5.15. The van der Waals surface area contributed by atoms with E-state index in [0.29, 0.717) is 10.9 Å². The summed E-state index contributed by atoms with van der Waals surface area (Å²) in [6.45, 7) is 0. The first-order chi connectivity index (χ1) is 8.90. The fraction of sp³-hybridized carbons (Fsp3) is 0. The van der Waals surface area contributed by atoms with Crippen LogP contribution < -0.4 is 16.8 Å². The molecule has 7 N–H and O–H groups in total. The third-order valence-corrected chi connectivity index (χ3v) is 2.54. The number of H-pyrrole nitrogens is 1. The van der Waals surface area contributed by atoms with Gasteiger partial charge in [-0.05, 0) is 12.1 Å². The van der Waals surface area contributed by atoms with E-state index in [0.717, 1.165) is 0 Å². The number of hydrogen-bond donors (Lipinski definition) is 5. The number of nitrogens with two attached hydrogens (primary N) is 2. The Hall–Kier alpha value is -3.03. The van der Waals surface area contributed by atoms with Crippen LogP contribution in [0.2, 0.25) is 0 Å². The van der Waals surface area contributed by atoms with E-state index in [4.69, 9.17) is 16.6 Å². The number of carboxylic acid groups (broad SMARTS) is 1. The molecule has 0 unspecified atom stereocenters. The third-order valence-electron chi connectivity index (χ3n) is 2.54. The molecule has 2 rings (SSSR count). The Morgan fingerprint density at radius 1 is 1.21 bits per heavy atom. The van der Waals surface area contributed by atoms with E-state index >= 15 is 0 Å². The van der Waals surface area contributed by atoms with Crippen molar-refractivity contribution in [1.82, 2.24) is 4.98 Å². The van der Waals surface area contributed by atoms with Crippen LogP contribution in [0.25, 0.3) is 10.9 Å². The van der Waals surface area contributed by atoms with E-state index in [1.165, 1.54) is 18.2 Å². The molecule has 0 aliphatic rings. The average Bonchev–Trinajstić information content (AvgIpc) is 2.64. The van der Waals surface area contributed by atoms with Gasteiger partial charge in [0.25, 0.3) is 5.91 Å². The van der Waals surface area contributed by atoms with Crippen LogP contribution in [0.3, 0.4) is 0 Å². The minimum absolute atomic E-state index is 0.0374. The lowest BCUT2D eigenvalue weighted by molar-refractivity contribution is 0.0696. The van der Waals surface area contributed by atoms with Gasteiger partial charge in [0.15, 0.2) is 0 Å². The topological polar surface area (TPSA) is 151 Å². The van der Waals surface area contributed by atoms with Gasteiger partial charge in [0.2, 0.25) is 0 Å². The zero-order valence-electron chi connectivity index (χ0n) is 9.56. The summed E-state index contributed by atoms with van der Waals surface area (Å²) < 4.78 is 0. The maximum absolute atomic E-state index is 11.4. The van der Waals surface area contributed by atoms with Gasteiger partial charge in [0.05, 0.1) is 11.1 Å². The lowest BCUT2D eigenvalue weighted by Gasteiger charge is -2.00. The molecule has 3 amide bonds. The highest BCUT2D eigenvalue weighted by atomic mass is 16.4. The molecule has 98 valence electrons. The number of aromatic carboxylic acids is 1. The number of hydrogen-bond acceptors (Lipinski definition) is 3. The molecule has 1 aromatic carbocycles. The number of amides is 3. The zero-order chi connectivity index (χ0) is 14.2. The standard InChI is InChI=1S/C11H10N4O4/c12-8(16)7-5-2-1-4(10(17)18)3-6(5)14-9(7)15-11(13)19/h1-3,14H,(H2,12,16)(H,17,18)(H3,13,15,19). The molecular weight excluding hydrogens is 252 g/mol. The molecule has 19 heavy (non-hydrogen) atoms. The Morgan fingerprint density at radius 3 is 2.42 bits per heavy atom. The van der Waals surface area contributed by atoms with Crippen molar-refractivity contribution in [1.29, 1.82) is 0 Å². The number of primary amides is 2. The Balaban J connectivity index is 2.68. The van der Waals surface area contributed by atoms with Gasteiger partial charge >= 0.3 is 12.0 Å². The maximum atomic E-state index is 11.4. The number of nitrogens with one attached hydrogen (secondary N) is 2. The molecule has 0 fully saturated rings. The predicted octanol–water partition coefficient (Wildman–Crippen LogP) is 0.456. The fourth-order valence-electron chi connectivity index (χ4n) is 1.80. The van der Waals surface area contributed by atoms with E-state index in [1.807, 2.05) is 0 Å². The molecule has 0 atom stereocenters. The number of anilines is 1. The molecule has 0 saturated carbocycles. The fourth-order valence-corrected chi connectivity index (χ4v) is 1.80. The summed E-state index contributed by atoms with van der Waals surface area (Å²) >= 11 is 0. The van der Waals surface area contributed by atoms with Gasteiger partial charge in [0.1, 0.15) is 5.82 Å². The first kappa shape index (κ1) is 12.4. The number of aromatic nitrogens is 1. The van der Waals surface area contributed by atoms with Crippen molar-refractivity contribution in [2.45, 2.75) is 0 Å². The van der Waals surface area contributed by atoms with Crippen molar-refractivity contribution < 1.29 is 19.5 Å². The van der Waals surface area contributed by atoms with Gasteiger partial charge in [-0.1, -0.05) is 6.07 Å². The number of fused-ring (bicyclic) bond motifs is 1. The van der Waals surface area contributed by atoms with Gasteiger partial charge in [-0.25, -0.2) is 9.59 Å². The summed E-state index contributed by atoms with van der Waals surface area (Å²) in [5.74, 6) is -1.84. The van der Waals surface area contributed by atoms with E-state index in [9.17, 15) is 14.4 Å². The largest absolute Gasteiger partial charge is 0.478 e. The monoisotopic (exact) mass is 262 g/mol. The second kappa shape index (κ2) is 4.33. The molecule has 8 heteroatoms. The minimum atomic E-state index is -1.11. The van der Waals surface area contributed by atoms with Crippen molar-refractivity contribution in [3.8, 4) is 0 Å². The number of aromatic amines is 1.